The summed E-state index contributed by atoms with van der Waals surface area (Å²) in [5.74, 6) is 0.328. The molecule has 2 aromatic carbocycles. The van der Waals surface area contributed by atoms with E-state index in [0.29, 0.717) is 6.54 Å². The number of nitrogens with one attached hydrogen (secondary N) is 1. The molecule has 0 saturated carbocycles. The quantitative estimate of drug-likeness (QED) is 0.669. The fourth-order valence-corrected chi connectivity index (χ4v) is 4.90. The van der Waals surface area contributed by atoms with Gasteiger partial charge in [0.2, 0.25) is 5.91 Å². The van der Waals surface area contributed by atoms with E-state index in [4.69, 9.17) is 11.6 Å². The Morgan fingerprint density at radius 1 is 0.839 bits per heavy atom. The Morgan fingerprint density at radius 3 is 2.19 bits per heavy atom. The zero-order chi connectivity index (χ0) is 21.5. The van der Waals surface area contributed by atoms with Crippen molar-refractivity contribution in [3.05, 3.63) is 70.2 Å². The third kappa shape index (κ3) is 6.55. The highest BCUT2D eigenvalue weighted by atomic mass is 35.5. The Balaban J connectivity index is 1.24. The van der Waals surface area contributed by atoms with Crippen LogP contribution in [0.25, 0.3) is 0 Å². The smallest absolute Gasteiger partial charge is 0.223 e. The molecule has 0 bridgehead atoms. The molecule has 166 valence electrons. The topological polar surface area (TPSA) is 35.6 Å². The van der Waals surface area contributed by atoms with Gasteiger partial charge < -0.3 is 5.32 Å². The van der Waals surface area contributed by atoms with Gasteiger partial charge in [0.25, 0.3) is 0 Å². The molecule has 0 aromatic heterocycles. The van der Waals surface area contributed by atoms with Gasteiger partial charge in [0.05, 0.1) is 0 Å². The predicted octanol–water partition coefficient (Wildman–Crippen LogP) is 4.85. The summed E-state index contributed by atoms with van der Waals surface area (Å²) in [6.45, 7) is 6.86. The lowest BCUT2D eigenvalue weighted by molar-refractivity contribution is -0.126. The lowest BCUT2D eigenvalue weighted by Crippen LogP contribution is -2.40. The van der Waals surface area contributed by atoms with E-state index in [-0.39, 0.29) is 11.8 Å². The van der Waals surface area contributed by atoms with Gasteiger partial charge in [-0.25, -0.2) is 0 Å². The molecule has 0 atom stereocenters. The van der Waals surface area contributed by atoms with Gasteiger partial charge in [-0.1, -0.05) is 54.4 Å². The van der Waals surface area contributed by atoms with Gasteiger partial charge in [-0.15, -0.1) is 0 Å². The Labute approximate surface area is 191 Å². The maximum absolute atomic E-state index is 12.8. The standard InChI is InChI=1S/C26H34ClN3O/c27-25-10-8-21(9-11-25)19-30-16-12-22(13-17-30)26(31)28-18-23-6-2-3-7-24(23)20-29-14-4-1-5-15-29/h2-3,6-11,22H,1,4-5,12-20H2,(H,28,31). The van der Waals surface area contributed by atoms with Crippen LogP contribution >= 0.6 is 11.6 Å². The van der Waals surface area contributed by atoms with Gasteiger partial charge in [0.1, 0.15) is 0 Å². The van der Waals surface area contributed by atoms with Gasteiger partial charge >= 0.3 is 0 Å². The summed E-state index contributed by atoms with van der Waals surface area (Å²) in [6.07, 6.45) is 5.81. The molecule has 0 aliphatic carbocycles. The van der Waals surface area contributed by atoms with Crippen LogP contribution in [0.5, 0.6) is 0 Å². The number of hydrogen-bond donors (Lipinski definition) is 1. The Kier molecular flexibility index (Phi) is 8.01. The molecule has 2 aliphatic rings. The van der Waals surface area contributed by atoms with Crippen LogP contribution in [0.2, 0.25) is 5.02 Å². The number of amides is 1. The average molecular weight is 440 g/mol. The van der Waals surface area contributed by atoms with E-state index in [0.717, 1.165) is 44.0 Å². The molecule has 2 saturated heterocycles. The summed E-state index contributed by atoms with van der Waals surface area (Å²) in [5, 5.41) is 4.00. The Bertz CT molecular complexity index is 840. The van der Waals surface area contributed by atoms with Crippen LogP contribution in [0.4, 0.5) is 0 Å². The first-order valence-corrected chi connectivity index (χ1v) is 12.1. The molecule has 31 heavy (non-hydrogen) atoms. The van der Waals surface area contributed by atoms with Crippen molar-refractivity contribution in [1.29, 1.82) is 0 Å². The second-order valence-corrected chi connectivity index (χ2v) is 9.44. The minimum atomic E-state index is 0.121. The van der Waals surface area contributed by atoms with Gasteiger partial charge in [0, 0.05) is 30.6 Å². The molecular weight excluding hydrogens is 406 g/mol. The maximum Gasteiger partial charge on any atom is 0.223 e. The lowest BCUT2D eigenvalue weighted by Gasteiger charge is -2.31. The van der Waals surface area contributed by atoms with E-state index >= 15 is 0 Å². The molecule has 0 radical (unpaired) electrons. The van der Waals surface area contributed by atoms with E-state index in [1.54, 1.807) is 0 Å². The third-order valence-corrected chi connectivity index (χ3v) is 6.94. The Morgan fingerprint density at radius 2 is 1.48 bits per heavy atom. The molecule has 1 N–H and O–H groups in total. The molecule has 2 heterocycles. The summed E-state index contributed by atoms with van der Waals surface area (Å²) in [4.78, 5) is 17.8. The summed E-state index contributed by atoms with van der Waals surface area (Å²) < 4.78 is 0. The second-order valence-electron chi connectivity index (χ2n) is 9.00. The second kappa shape index (κ2) is 11.1. The van der Waals surface area contributed by atoms with Crippen molar-refractivity contribution < 1.29 is 4.79 Å². The molecule has 2 fully saturated rings. The van der Waals surface area contributed by atoms with Crippen LogP contribution in [-0.4, -0.2) is 41.9 Å². The van der Waals surface area contributed by atoms with Gasteiger partial charge in [-0.05, 0) is 80.7 Å². The number of nitrogens with zero attached hydrogens (tertiary/aromatic N) is 2. The Hall–Kier alpha value is -1.88. The lowest BCUT2D eigenvalue weighted by atomic mass is 9.95. The third-order valence-electron chi connectivity index (χ3n) is 6.69. The minimum absolute atomic E-state index is 0.121. The summed E-state index contributed by atoms with van der Waals surface area (Å²) in [7, 11) is 0. The first-order chi connectivity index (χ1) is 15.2. The first-order valence-electron chi connectivity index (χ1n) is 11.7. The average Bonchev–Trinajstić information content (AvgIpc) is 2.81. The highest BCUT2D eigenvalue weighted by Crippen LogP contribution is 2.21. The minimum Gasteiger partial charge on any atom is -0.352 e. The normalized spacial score (nSPS) is 18.7. The molecule has 2 aliphatic heterocycles. The molecule has 1 amide bonds. The number of benzene rings is 2. The summed E-state index contributed by atoms with van der Waals surface area (Å²) >= 11 is 5.98. The summed E-state index contributed by atoms with van der Waals surface area (Å²) in [6, 6.07) is 16.6. The molecule has 2 aromatic rings. The molecular formula is C26H34ClN3O. The fourth-order valence-electron chi connectivity index (χ4n) is 4.77. The summed E-state index contributed by atoms with van der Waals surface area (Å²) in [5.41, 5.74) is 3.88. The largest absolute Gasteiger partial charge is 0.352 e. The fraction of sp³-hybridized carbons (Fsp3) is 0.500. The van der Waals surface area contributed by atoms with Gasteiger partial charge in [0.15, 0.2) is 0 Å². The number of likely N-dealkylation sites (tertiary alicyclic amines) is 2. The van der Waals surface area contributed by atoms with Gasteiger partial charge in [-0.3, -0.25) is 14.6 Å². The first kappa shape index (κ1) is 22.3. The van der Waals surface area contributed by atoms with Crippen molar-refractivity contribution in [3.63, 3.8) is 0 Å². The van der Waals surface area contributed by atoms with E-state index < -0.39 is 0 Å². The van der Waals surface area contributed by atoms with E-state index in [2.05, 4.69) is 51.5 Å². The number of carbonyl (C=O) groups excluding carboxylic acids is 1. The molecule has 5 heteroatoms. The monoisotopic (exact) mass is 439 g/mol. The van der Waals surface area contributed by atoms with Crippen molar-refractivity contribution >= 4 is 17.5 Å². The van der Waals surface area contributed by atoms with Crippen molar-refractivity contribution in [2.45, 2.75) is 51.7 Å². The highest BCUT2D eigenvalue weighted by Gasteiger charge is 2.25. The predicted molar refractivity (Wildman–Crippen MR) is 127 cm³/mol. The van der Waals surface area contributed by atoms with Crippen LogP contribution in [0.15, 0.2) is 48.5 Å². The van der Waals surface area contributed by atoms with Crippen molar-refractivity contribution in [3.8, 4) is 0 Å². The van der Waals surface area contributed by atoms with Crippen LogP contribution in [0.3, 0.4) is 0 Å². The van der Waals surface area contributed by atoms with E-state index in [1.807, 2.05) is 12.1 Å². The highest BCUT2D eigenvalue weighted by molar-refractivity contribution is 6.30. The SMILES string of the molecule is O=C(NCc1ccccc1CN1CCCCC1)C1CCN(Cc2ccc(Cl)cc2)CC1. The zero-order valence-corrected chi connectivity index (χ0v) is 19.1. The molecule has 4 nitrogen and oxygen atoms in total. The van der Waals surface area contributed by atoms with Crippen LogP contribution < -0.4 is 5.32 Å². The van der Waals surface area contributed by atoms with E-state index in [1.165, 1.54) is 49.0 Å². The number of piperidine rings is 2. The number of halogens is 1. The van der Waals surface area contributed by atoms with Crippen LogP contribution in [0.1, 0.15) is 48.8 Å². The number of carbonyl (C=O) groups is 1. The maximum atomic E-state index is 12.8. The number of hydrogen-bond acceptors (Lipinski definition) is 3. The molecule has 4 rings (SSSR count). The van der Waals surface area contributed by atoms with Crippen molar-refractivity contribution in [1.82, 2.24) is 15.1 Å². The number of rotatable bonds is 7. The van der Waals surface area contributed by atoms with Crippen molar-refractivity contribution in [2.75, 3.05) is 26.2 Å². The molecule has 0 unspecified atom stereocenters. The molecule has 0 spiro atoms. The van der Waals surface area contributed by atoms with Crippen molar-refractivity contribution in [2.24, 2.45) is 5.92 Å². The van der Waals surface area contributed by atoms with E-state index in [9.17, 15) is 4.79 Å². The van der Waals surface area contributed by atoms with Crippen LogP contribution in [0, 0.1) is 5.92 Å². The van der Waals surface area contributed by atoms with Crippen LogP contribution in [-0.2, 0) is 24.4 Å². The zero-order valence-electron chi connectivity index (χ0n) is 18.4. The van der Waals surface area contributed by atoms with Gasteiger partial charge in [-0.2, -0.15) is 0 Å².